The molecule has 0 saturated heterocycles. The highest BCUT2D eigenvalue weighted by Crippen LogP contribution is 2.40. The Labute approximate surface area is 138 Å². The van der Waals surface area contributed by atoms with Crippen LogP contribution in [0.25, 0.3) is 22.3 Å². The SMILES string of the molecule is Cc1ccc(C)c(-c2cccc(-c3cc(C)ccc3C)c2O)c1. The molecule has 0 aliphatic carbocycles. The van der Waals surface area contributed by atoms with Crippen LogP contribution in [0.4, 0.5) is 0 Å². The molecule has 0 saturated carbocycles. The van der Waals surface area contributed by atoms with E-state index in [0.717, 1.165) is 22.3 Å². The maximum Gasteiger partial charge on any atom is 0.131 e. The van der Waals surface area contributed by atoms with Gasteiger partial charge in [0.1, 0.15) is 5.75 Å². The summed E-state index contributed by atoms with van der Waals surface area (Å²) in [6.07, 6.45) is 0. The van der Waals surface area contributed by atoms with Gasteiger partial charge in [-0.1, -0.05) is 65.7 Å². The van der Waals surface area contributed by atoms with E-state index in [0.29, 0.717) is 5.75 Å². The predicted octanol–water partition coefficient (Wildman–Crippen LogP) is 5.96. The van der Waals surface area contributed by atoms with Gasteiger partial charge >= 0.3 is 0 Å². The number of aromatic hydroxyl groups is 1. The molecule has 1 N–H and O–H groups in total. The van der Waals surface area contributed by atoms with Crippen molar-refractivity contribution >= 4 is 0 Å². The average molecular weight is 302 g/mol. The molecule has 1 nitrogen and oxygen atoms in total. The summed E-state index contributed by atoms with van der Waals surface area (Å²) in [6, 6.07) is 18.7. The zero-order valence-electron chi connectivity index (χ0n) is 14.1. The Balaban J connectivity index is 2.23. The van der Waals surface area contributed by atoms with E-state index in [-0.39, 0.29) is 0 Å². The smallest absolute Gasteiger partial charge is 0.131 e. The fraction of sp³-hybridized carbons (Fsp3) is 0.182. The lowest BCUT2D eigenvalue weighted by molar-refractivity contribution is 0.479. The lowest BCUT2D eigenvalue weighted by atomic mass is 9.92. The Kier molecular flexibility index (Phi) is 3.96. The molecule has 0 spiro atoms. The lowest BCUT2D eigenvalue weighted by Crippen LogP contribution is -1.90. The van der Waals surface area contributed by atoms with Crippen LogP contribution in [0.1, 0.15) is 22.3 Å². The summed E-state index contributed by atoms with van der Waals surface area (Å²) in [5.41, 5.74) is 8.70. The van der Waals surface area contributed by atoms with Crippen molar-refractivity contribution in [1.82, 2.24) is 0 Å². The van der Waals surface area contributed by atoms with Crippen LogP contribution in [0.3, 0.4) is 0 Å². The van der Waals surface area contributed by atoms with Gasteiger partial charge in [0.2, 0.25) is 0 Å². The standard InChI is InChI=1S/C22H22O/c1-14-8-10-16(3)20(12-14)18-6-5-7-19(22(18)23)21-13-15(2)9-11-17(21)4/h5-13,23H,1-4H3. The van der Waals surface area contributed by atoms with E-state index in [9.17, 15) is 5.11 Å². The molecule has 1 heteroatoms. The molecular weight excluding hydrogens is 280 g/mol. The van der Waals surface area contributed by atoms with E-state index in [4.69, 9.17) is 0 Å². The third kappa shape index (κ3) is 2.87. The molecule has 0 aliphatic rings. The summed E-state index contributed by atoms with van der Waals surface area (Å²) in [5.74, 6) is 0.356. The molecule has 3 aromatic rings. The number of hydrogen-bond acceptors (Lipinski definition) is 1. The van der Waals surface area contributed by atoms with Crippen molar-refractivity contribution in [1.29, 1.82) is 0 Å². The van der Waals surface area contributed by atoms with Gasteiger partial charge in [-0.25, -0.2) is 0 Å². The van der Waals surface area contributed by atoms with Crippen LogP contribution in [0, 0.1) is 27.7 Å². The highest BCUT2D eigenvalue weighted by Gasteiger charge is 2.14. The van der Waals surface area contributed by atoms with Crippen LogP contribution in [-0.4, -0.2) is 5.11 Å². The van der Waals surface area contributed by atoms with Crippen molar-refractivity contribution in [2.24, 2.45) is 0 Å². The molecule has 23 heavy (non-hydrogen) atoms. The normalized spacial score (nSPS) is 10.8. The van der Waals surface area contributed by atoms with E-state index in [1.54, 1.807) is 0 Å². The second-order valence-corrected chi connectivity index (χ2v) is 6.34. The van der Waals surface area contributed by atoms with Crippen molar-refractivity contribution in [2.45, 2.75) is 27.7 Å². The minimum absolute atomic E-state index is 0.356. The number of rotatable bonds is 2. The summed E-state index contributed by atoms with van der Waals surface area (Å²) in [4.78, 5) is 0. The minimum Gasteiger partial charge on any atom is -0.507 e. The Morgan fingerprint density at radius 2 is 1.00 bits per heavy atom. The van der Waals surface area contributed by atoms with Crippen LogP contribution in [-0.2, 0) is 0 Å². The molecule has 0 heterocycles. The molecular formula is C22H22O. The third-order valence-electron chi connectivity index (χ3n) is 4.40. The van der Waals surface area contributed by atoms with Crippen molar-refractivity contribution in [3.05, 3.63) is 76.9 Å². The van der Waals surface area contributed by atoms with E-state index >= 15 is 0 Å². The zero-order valence-corrected chi connectivity index (χ0v) is 14.1. The summed E-state index contributed by atoms with van der Waals surface area (Å²) >= 11 is 0. The van der Waals surface area contributed by atoms with Crippen LogP contribution in [0.2, 0.25) is 0 Å². The van der Waals surface area contributed by atoms with Gasteiger partial charge in [0.05, 0.1) is 0 Å². The van der Waals surface area contributed by atoms with E-state index in [2.05, 4.69) is 64.1 Å². The Morgan fingerprint density at radius 3 is 1.43 bits per heavy atom. The molecule has 3 aromatic carbocycles. The molecule has 0 aromatic heterocycles. The zero-order chi connectivity index (χ0) is 16.6. The van der Waals surface area contributed by atoms with E-state index < -0.39 is 0 Å². The average Bonchev–Trinajstić information content (AvgIpc) is 2.53. The molecule has 3 rings (SSSR count). The number of aryl methyl sites for hydroxylation is 4. The molecule has 0 atom stereocenters. The van der Waals surface area contributed by atoms with Gasteiger partial charge in [-0.2, -0.15) is 0 Å². The summed E-state index contributed by atoms with van der Waals surface area (Å²) in [5, 5.41) is 10.9. The Morgan fingerprint density at radius 1 is 0.565 bits per heavy atom. The topological polar surface area (TPSA) is 20.2 Å². The lowest BCUT2D eigenvalue weighted by Gasteiger charge is -2.14. The van der Waals surface area contributed by atoms with Crippen LogP contribution >= 0.6 is 0 Å². The first kappa shape index (κ1) is 15.4. The maximum absolute atomic E-state index is 10.9. The minimum atomic E-state index is 0.356. The summed E-state index contributed by atoms with van der Waals surface area (Å²) in [7, 11) is 0. The second kappa shape index (κ2) is 5.92. The van der Waals surface area contributed by atoms with Gasteiger partial charge in [-0.05, 0) is 49.9 Å². The molecule has 0 unspecified atom stereocenters. The van der Waals surface area contributed by atoms with E-state index in [1.165, 1.54) is 22.3 Å². The monoisotopic (exact) mass is 302 g/mol. The number of phenolic OH excluding ortho intramolecular Hbond substituents is 1. The van der Waals surface area contributed by atoms with Gasteiger partial charge in [-0.15, -0.1) is 0 Å². The van der Waals surface area contributed by atoms with E-state index in [1.807, 2.05) is 18.2 Å². The first-order valence-electron chi connectivity index (χ1n) is 7.94. The number of benzene rings is 3. The van der Waals surface area contributed by atoms with Gasteiger partial charge in [0.25, 0.3) is 0 Å². The van der Waals surface area contributed by atoms with Crippen molar-refractivity contribution in [3.63, 3.8) is 0 Å². The summed E-state index contributed by atoms with van der Waals surface area (Å²) < 4.78 is 0. The maximum atomic E-state index is 10.9. The molecule has 0 radical (unpaired) electrons. The number of hydrogen-bond donors (Lipinski definition) is 1. The predicted molar refractivity (Wildman–Crippen MR) is 97.9 cm³/mol. The quantitative estimate of drug-likeness (QED) is 0.619. The van der Waals surface area contributed by atoms with Crippen molar-refractivity contribution in [3.8, 4) is 28.0 Å². The highest BCUT2D eigenvalue weighted by molar-refractivity contribution is 5.84. The molecule has 116 valence electrons. The number of phenols is 1. The molecule has 0 bridgehead atoms. The fourth-order valence-corrected chi connectivity index (χ4v) is 3.03. The Bertz CT molecular complexity index is 805. The second-order valence-electron chi connectivity index (χ2n) is 6.34. The van der Waals surface area contributed by atoms with Gasteiger partial charge in [-0.3, -0.25) is 0 Å². The largest absolute Gasteiger partial charge is 0.507 e. The molecule has 0 amide bonds. The Hall–Kier alpha value is -2.54. The van der Waals surface area contributed by atoms with Crippen LogP contribution in [0.15, 0.2) is 54.6 Å². The first-order chi connectivity index (χ1) is 11.0. The van der Waals surface area contributed by atoms with Crippen molar-refractivity contribution < 1.29 is 5.11 Å². The molecule has 0 aliphatic heterocycles. The summed E-state index contributed by atoms with van der Waals surface area (Å²) in [6.45, 7) is 8.32. The van der Waals surface area contributed by atoms with Crippen LogP contribution in [0.5, 0.6) is 5.75 Å². The highest BCUT2D eigenvalue weighted by atomic mass is 16.3. The van der Waals surface area contributed by atoms with Gasteiger partial charge < -0.3 is 5.11 Å². The molecule has 0 fully saturated rings. The first-order valence-corrected chi connectivity index (χ1v) is 7.94. The van der Waals surface area contributed by atoms with Crippen molar-refractivity contribution in [2.75, 3.05) is 0 Å². The fourth-order valence-electron chi connectivity index (χ4n) is 3.03. The van der Waals surface area contributed by atoms with Gasteiger partial charge in [0, 0.05) is 11.1 Å². The third-order valence-corrected chi connectivity index (χ3v) is 4.40. The van der Waals surface area contributed by atoms with Gasteiger partial charge in [0.15, 0.2) is 0 Å². The van der Waals surface area contributed by atoms with Crippen LogP contribution < -0.4 is 0 Å². The number of para-hydroxylation sites is 1.